The molecule has 0 amide bonds. The Morgan fingerprint density at radius 3 is 2.26 bits per heavy atom. The molecule has 1 heteroatoms. The first-order chi connectivity index (χ1) is 10.9. The van der Waals surface area contributed by atoms with Crippen LogP contribution in [-0.2, 0) is 6.04 Å². The fourth-order valence-corrected chi connectivity index (χ4v) is 10.1. The van der Waals surface area contributed by atoms with Crippen LogP contribution in [0.2, 0.25) is 12.6 Å². The number of hydrogen-bond donors (Lipinski definition) is 0. The molecular weight excluding hydrogens is 292 g/mol. The number of hydrogen-bond acceptors (Lipinski definition) is 0. The van der Waals surface area contributed by atoms with Gasteiger partial charge in [0, 0.05) is 0 Å². The van der Waals surface area contributed by atoms with Crippen LogP contribution in [0.1, 0.15) is 43.0 Å². The Hall–Kier alpha value is -1.60. The van der Waals surface area contributed by atoms with Gasteiger partial charge in [0.1, 0.15) is 0 Å². The van der Waals surface area contributed by atoms with Crippen LogP contribution < -0.4 is 0 Å². The van der Waals surface area contributed by atoms with Crippen molar-refractivity contribution in [2.45, 2.75) is 44.9 Å². The SMILES string of the molecule is CC(C)(C)C[Si](C)(Cc1ccccc1)C1C=Cc2ccccc21. The van der Waals surface area contributed by atoms with E-state index in [1.165, 1.54) is 23.2 Å². The van der Waals surface area contributed by atoms with Crippen LogP contribution in [0.25, 0.3) is 6.08 Å². The highest BCUT2D eigenvalue weighted by molar-refractivity contribution is 6.80. The Morgan fingerprint density at radius 2 is 1.57 bits per heavy atom. The Morgan fingerprint density at radius 1 is 0.913 bits per heavy atom. The maximum absolute atomic E-state index is 2.61. The molecule has 0 aromatic heterocycles. The molecule has 2 aromatic carbocycles. The maximum Gasteiger partial charge on any atom is 0.0675 e. The topological polar surface area (TPSA) is 0 Å². The molecule has 2 aromatic rings. The number of allylic oxidation sites excluding steroid dienone is 1. The molecule has 0 bridgehead atoms. The lowest BCUT2D eigenvalue weighted by Crippen LogP contribution is -2.43. The fourth-order valence-electron chi connectivity index (χ4n) is 4.41. The van der Waals surface area contributed by atoms with E-state index in [9.17, 15) is 0 Å². The second-order valence-corrected chi connectivity index (χ2v) is 13.2. The first kappa shape index (κ1) is 16.3. The second-order valence-electron chi connectivity index (χ2n) is 8.52. The van der Waals surface area contributed by atoms with Crippen LogP contribution in [0.15, 0.2) is 60.7 Å². The van der Waals surface area contributed by atoms with Crippen molar-refractivity contribution in [1.82, 2.24) is 0 Å². The van der Waals surface area contributed by atoms with Crippen LogP contribution in [0.5, 0.6) is 0 Å². The van der Waals surface area contributed by atoms with Gasteiger partial charge in [-0.15, -0.1) is 0 Å². The minimum absolute atomic E-state index is 0.376. The highest BCUT2D eigenvalue weighted by Gasteiger charge is 2.41. The van der Waals surface area contributed by atoms with Crippen molar-refractivity contribution < 1.29 is 0 Å². The molecule has 120 valence electrons. The molecular formula is C22H28Si. The average Bonchev–Trinajstić information content (AvgIpc) is 2.91. The van der Waals surface area contributed by atoms with Gasteiger partial charge in [0.25, 0.3) is 0 Å². The molecule has 0 aliphatic heterocycles. The van der Waals surface area contributed by atoms with Gasteiger partial charge >= 0.3 is 0 Å². The van der Waals surface area contributed by atoms with Crippen molar-refractivity contribution in [3.8, 4) is 0 Å². The van der Waals surface area contributed by atoms with E-state index in [1.807, 2.05) is 0 Å². The summed E-state index contributed by atoms with van der Waals surface area (Å²) in [4.78, 5) is 0. The number of rotatable bonds is 4. The van der Waals surface area contributed by atoms with Crippen LogP contribution in [0, 0.1) is 5.41 Å². The molecule has 0 saturated carbocycles. The standard InChI is InChI=1S/C22H28Si/c1-22(2,3)17-23(4,16-18-10-6-5-7-11-18)21-15-14-19-12-8-9-13-20(19)21/h5-15,21H,16-17H2,1-4H3. The predicted octanol–water partition coefficient (Wildman–Crippen LogP) is 6.24. The quantitative estimate of drug-likeness (QED) is 0.585. The Balaban J connectivity index is 1.98. The molecule has 1 aliphatic rings. The molecule has 3 rings (SSSR count). The van der Waals surface area contributed by atoms with Gasteiger partial charge in [0.2, 0.25) is 0 Å². The van der Waals surface area contributed by atoms with Crippen molar-refractivity contribution in [1.29, 1.82) is 0 Å². The largest absolute Gasteiger partial charge is 0.0791 e. The summed E-state index contributed by atoms with van der Waals surface area (Å²) in [7, 11) is -1.53. The third-order valence-electron chi connectivity index (χ3n) is 4.94. The van der Waals surface area contributed by atoms with Crippen LogP contribution >= 0.6 is 0 Å². The second kappa shape index (κ2) is 6.12. The van der Waals surface area contributed by atoms with Gasteiger partial charge in [0.15, 0.2) is 0 Å². The Bertz CT molecular complexity index is 693. The summed E-state index contributed by atoms with van der Waals surface area (Å²) in [5, 5.41) is 0. The molecule has 0 heterocycles. The van der Waals surface area contributed by atoms with E-state index >= 15 is 0 Å². The van der Waals surface area contributed by atoms with Crippen molar-refractivity contribution in [3.63, 3.8) is 0 Å². The van der Waals surface area contributed by atoms with Gasteiger partial charge in [0.05, 0.1) is 8.07 Å². The predicted molar refractivity (Wildman–Crippen MR) is 104 cm³/mol. The number of benzene rings is 2. The van der Waals surface area contributed by atoms with Gasteiger partial charge < -0.3 is 0 Å². The smallest absolute Gasteiger partial charge is 0.0675 e. The van der Waals surface area contributed by atoms with Gasteiger partial charge in [-0.05, 0) is 28.1 Å². The summed E-state index contributed by atoms with van der Waals surface area (Å²) in [6.07, 6.45) is 4.84. The van der Waals surface area contributed by atoms with Gasteiger partial charge in [-0.1, -0.05) is 106 Å². The summed E-state index contributed by atoms with van der Waals surface area (Å²) in [6, 6.07) is 22.7. The van der Waals surface area contributed by atoms with Crippen molar-refractivity contribution in [3.05, 3.63) is 77.4 Å². The first-order valence-electron chi connectivity index (χ1n) is 8.68. The van der Waals surface area contributed by atoms with E-state index in [0.717, 1.165) is 0 Å². The monoisotopic (exact) mass is 320 g/mol. The minimum Gasteiger partial charge on any atom is -0.0791 e. The van der Waals surface area contributed by atoms with Crippen molar-refractivity contribution >= 4 is 14.1 Å². The molecule has 0 nitrogen and oxygen atoms in total. The summed E-state index contributed by atoms with van der Waals surface area (Å²) < 4.78 is 0. The molecule has 0 spiro atoms. The Kier molecular flexibility index (Phi) is 4.33. The zero-order valence-corrected chi connectivity index (χ0v) is 15.8. The molecule has 2 unspecified atom stereocenters. The Labute approximate surface area is 142 Å². The molecule has 23 heavy (non-hydrogen) atoms. The van der Waals surface area contributed by atoms with E-state index in [-0.39, 0.29) is 0 Å². The fraction of sp³-hybridized carbons (Fsp3) is 0.364. The molecule has 0 radical (unpaired) electrons. The number of fused-ring (bicyclic) bond motifs is 1. The van der Waals surface area contributed by atoms with Crippen LogP contribution in [0.4, 0.5) is 0 Å². The third-order valence-corrected chi connectivity index (χ3v) is 10.0. The average molecular weight is 321 g/mol. The van der Waals surface area contributed by atoms with Gasteiger partial charge in [-0.2, -0.15) is 0 Å². The summed E-state index contributed by atoms with van der Waals surface area (Å²) in [5.74, 6) is 0. The van der Waals surface area contributed by atoms with Crippen LogP contribution in [-0.4, -0.2) is 8.07 Å². The summed E-state index contributed by atoms with van der Waals surface area (Å²) >= 11 is 0. The lowest BCUT2D eigenvalue weighted by Gasteiger charge is -2.39. The van der Waals surface area contributed by atoms with E-state index < -0.39 is 8.07 Å². The highest BCUT2D eigenvalue weighted by Crippen LogP contribution is 2.43. The van der Waals surface area contributed by atoms with Crippen molar-refractivity contribution in [2.75, 3.05) is 0 Å². The van der Waals surface area contributed by atoms with Crippen molar-refractivity contribution in [2.24, 2.45) is 5.41 Å². The first-order valence-corrected chi connectivity index (χ1v) is 11.7. The lowest BCUT2D eigenvalue weighted by atomic mass is 10.0. The zero-order chi connectivity index (χ0) is 16.5. The van der Waals surface area contributed by atoms with E-state index in [1.54, 1.807) is 5.56 Å². The zero-order valence-electron chi connectivity index (χ0n) is 14.8. The summed E-state index contributed by atoms with van der Waals surface area (Å²) in [5.41, 5.74) is 5.50. The van der Waals surface area contributed by atoms with E-state index in [4.69, 9.17) is 0 Å². The van der Waals surface area contributed by atoms with Gasteiger partial charge in [-0.3, -0.25) is 0 Å². The summed E-state index contributed by atoms with van der Waals surface area (Å²) in [6.45, 7) is 9.80. The van der Waals surface area contributed by atoms with E-state index in [0.29, 0.717) is 11.0 Å². The molecule has 0 saturated heterocycles. The molecule has 2 atom stereocenters. The maximum atomic E-state index is 2.61. The third kappa shape index (κ3) is 3.67. The molecule has 0 N–H and O–H groups in total. The van der Waals surface area contributed by atoms with E-state index in [2.05, 4.69) is 94.1 Å². The molecule has 1 aliphatic carbocycles. The van der Waals surface area contributed by atoms with Crippen LogP contribution in [0.3, 0.4) is 0 Å². The van der Waals surface area contributed by atoms with Gasteiger partial charge in [-0.25, -0.2) is 0 Å². The normalized spacial score (nSPS) is 19.4. The minimum atomic E-state index is -1.53. The highest BCUT2D eigenvalue weighted by atomic mass is 28.3. The lowest BCUT2D eigenvalue weighted by molar-refractivity contribution is 0.457. The molecule has 0 fully saturated rings.